The molecule has 0 spiro atoms. The van der Waals surface area contributed by atoms with Gasteiger partial charge in [-0.3, -0.25) is 0 Å². The van der Waals surface area contributed by atoms with E-state index in [2.05, 4.69) is 13.8 Å². The Balaban J connectivity index is 0.000000240. The summed E-state index contributed by atoms with van der Waals surface area (Å²) in [6, 6.07) is 88.6. The first-order chi connectivity index (χ1) is 59.5. The molecule has 0 fully saturated rings. The summed E-state index contributed by atoms with van der Waals surface area (Å²) >= 11 is 0. The van der Waals surface area contributed by atoms with Gasteiger partial charge in [0.25, 0.3) is 0 Å². The molecule has 0 N–H and O–H groups in total. The number of hydrogen-bond donors (Lipinski definition) is 0. The van der Waals surface area contributed by atoms with Crippen molar-refractivity contribution >= 4 is 59.7 Å². The highest BCUT2D eigenvalue weighted by Crippen LogP contribution is 2.32. The first-order valence-corrected chi connectivity index (χ1v) is 42.1. The Kier molecular flexibility index (Phi) is 43.1. The summed E-state index contributed by atoms with van der Waals surface area (Å²) in [5, 5.41) is 0. The van der Waals surface area contributed by atoms with Crippen LogP contribution in [0.15, 0.2) is 303 Å². The van der Waals surface area contributed by atoms with Crippen molar-refractivity contribution in [2.75, 3.05) is 0 Å². The SMILES string of the molecule is CC(OC(=O)c1ccccc1)C(C)(C)C(C)OC(=O)c1ccccc1.CCCC(C(C)OC(=O)c1ccccc1)C(C)OC(=O)c1ccccc1.CCCCC(C(C)OC(=O)c1ccccc1)C(C)OC(=O)c1ccccc1.C[C@@H](C[C@H](C)OC(=O)c1ccccc1)OC(=O)c1ccccc1.C[C@H](C[C@@H](C)OC(=O)c1ccccc1)OC(=O)c1ccccc1. The molecular formula is C104H118O20. The third kappa shape index (κ3) is 35.2. The van der Waals surface area contributed by atoms with E-state index in [1.54, 1.807) is 270 Å². The van der Waals surface area contributed by atoms with Gasteiger partial charge < -0.3 is 47.4 Å². The Morgan fingerprint density at radius 2 is 0.371 bits per heavy atom. The quantitative estimate of drug-likeness (QED) is 0.0264. The molecule has 0 radical (unpaired) electrons. The molecule has 20 nitrogen and oxygen atoms in total. The molecule has 10 rings (SSSR count). The van der Waals surface area contributed by atoms with Crippen LogP contribution in [-0.2, 0) is 47.4 Å². The maximum Gasteiger partial charge on any atom is 0.338 e. The highest BCUT2D eigenvalue weighted by atomic mass is 16.6. The van der Waals surface area contributed by atoms with E-state index in [1.165, 1.54) is 0 Å². The zero-order valence-corrected chi connectivity index (χ0v) is 73.4. The van der Waals surface area contributed by atoms with E-state index in [0.717, 1.165) is 32.1 Å². The Morgan fingerprint density at radius 1 is 0.218 bits per heavy atom. The molecule has 124 heavy (non-hydrogen) atoms. The van der Waals surface area contributed by atoms with Crippen LogP contribution >= 0.6 is 0 Å². The maximum atomic E-state index is 12.4. The van der Waals surface area contributed by atoms with Gasteiger partial charge in [0.1, 0.15) is 61.0 Å². The second-order valence-electron chi connectivity index (χ2n) is 30.6. The van der Waals surface area contributed by atoms with Crippen molar-refractivity contribution < 1.29 is 95.3 Å². The van der Waals surface area contributed by atoms with E-state index in [9.17, 15) is 47.9 Å². The monoisotopic (exact) mass is 1690 g/mol. The topological polar surface area (TPSA) is 263 Å². The number of rotatable bonds is 35. The average molecular weight is 1690 g/mol. The molecule has 654 valence electrons. The van der Waals surface area contributed by atoms with Gasteiger partial charge in [0.05, 0.1) is 55.6 Å². The van der Waals surface area contributed by atoms with Crippen LogP contribution in [0.25, 0.3) is 0 Å². The Labute approximate surface area is 730 Å². The third-order valence-corrected chi connectivity index (χ3v) is 20.4. The summed E-state index contributed by atoms with van der Waals surface area (Å²) in [7, 11) is 0. The number of carbonyl (C=O) groups is 10. The molecule has 0 aliphatic carbocycles. The molecule has 10 aromatic rings. The largest absolute Gasteiger partial charge is 0.459 e. The molecule has 10 atom stereocenters. The van der Waals surface area contributed by atoms with Gasteiger partial charge in [-0.15, -0.1) is 0 Å². The number of esters is 10. The fraction of sp³-hybridized carbons (Fsp3) is 0.327. The van der Waals surface area contributed by atoms with Crippen LogP contribution in [0.2, 0.25) is 0 Å². The van der Waals surface area contributed by atoms with E-state index in [0.29, 0.717) is 68.5 Å². The lowest BCUT2D eigenvalue weighted by Gasteiger charge is -2.36. The molecule has 0 amide bonds. The van der Waals surface area contributed by atoms with Crippen molar-refractivity contribution in [3.63, 3.8) is 0 Å². The molecule has 0 saturated heterocycles. The average Bonchev–Trinajstić information content (AvgIpc) is 0.823. The number of benzene rings is 10. The molecule has 20 heteroatoms. The normalized spacial score (nSPS) is 13.6. The predicted molar refractivity (Wildman–Crippen MR) is 478 cm³/mol. The van der Waals surface area contributed by atoms with E-state index in [1.807, 2.05) is 116 Å². The second kappa shape index (κ2) is 53.6. The molecule has 0 bridgehead atoms. The Morgan fingerprint density at radius 3 is 0.532 bits per heavy atom. The molecule has 0 aliphatic rings. The lowest BCUT2D eigenvalue weighted by Crippen LogP contribution is -2.42. The molecule has 0 aliphatic heterocycles. The molecule has 0 saturated carbocycles. The van der Waals surface area contributed by atoms with E-state index in [-0.39, 0.29) is 120 Å². The van der Waals surface area contributed by atoms with Crippen molar-refractivity contribution in [1.29, 1.82) is 0 Å². The van der Waals surface area contributed by atoms with E-state index >= 15 is 0 Å². The summed E-state index contributed by atoms with van der Waals surface area (Å²) in [5.74, 6) is -3.84. The highest BCUT2D eigenvalue weighted by molar-refractivity contribution is 5.94. The van der Waals surface area contributed by atoms with Gasteiger partial charge in [-0.1, -0.05) is 229 Å². The Bertz CT molecular complexity index is 4400. The summed E-state index contributed by atoms with van der Waals surface area (Å²) in [6.45, 7) is 26.2. The maximum absolute atomic E-state index is 12.4. The van der Waals surface area contributed by atoms with Gasteiger partial charge in [0.15, 0.2) is 0 Å². The highest BCUT2D eigenvalue weighted by Gasteiger charge is 2.38. The number of hydrogen-bond acceptors (Lipinski definition) is 20. The van der Waals surface area contributed by atoms with Crippen LogP contribution in [0, 0.1) is 17.3 Å². The van der Waals surface area contributed by atoms with Gasteiger partial charge in [-0.2, -0.15) is 0 Å². The first kappa shape index (κ1) is 99.7. The van der Waals surface area contributed by atoms with Gasteiger partial charge in [-0.25, -0.2) is 47.9 Å². The first-order valence-electron chi connectivity index (χ1n) is 42.1. The summed E-state index contributed by atoms with van der Waals surface area (Å²) in [4.78, 5) is 122. The standard InChI is InChI=1S/C23H28O4.C22H26O4.C21H24O4.2C19H20O4/c1-4-5-16-21(17(2)26-22(24)19-12-8-6-9-13-19)18(3)27-23(25)20-14-10-7-11-15-20;1-4-11-20(16(2)25-21(23)18-12-7-5-8-13-18)17(3)26-22(24)19-14-9-6-10-15-19;1-15(24-19(22)17-11-7-5-8-12-17)21(3,4)16(2)25-20(23)18-13-9-6-10-14-18;2*1-14(22-18(20)16-9-5-3-6-10-16)13-15(2)23-19(21)17-11-7-4-8-12-17/h6-15,17-18,21H,4-5,16H2,1-3H3;5-10,12-17,20H,4,11H2,1-3H3;5-16H,1-4H3;2*3-12,14-15H,13H2,1-2H3/t;;;2*14-,15-/m...10/s1. The van der Waals surface area contributed by atoms with Gasteiger partial charge in [-0.05, 0) is 203 Å². The van der Waals surface area contributed by atoms with Crippen molar-refractivity contribution in [2.24, 2.45) is 17.3 Å². The lowest BCUT2D eigenvalue weighted by molar-refractivity contribution is -0.0592. The minimum Gasteiger partial charge on any atom is -0.459 e. The van der Waals surface area contributed by atoms with Crippen LogP contribution < -0.4 is 0 Å². The van der Waals surface area contributed by atoms with Gasteiger partial charge in [0, 0.05) is 30.1 Å². The second-order valence-corrected chi connectivity index (χ2v) is 30.6. The Hall–Kier alpha value is -13.1. The fourth-order valence-corrected chi connectivity index (χ4v) is 12.7. The minimum atomic E-state index is -0.547. The van der Waals surface area contributed by atoms with Gasteiger partial charge >= 0.3 is 59.7 Å². The van der Waals surface area contributed by atoms with Crippen LogP contribution in [0.3, 0.4) is 0 Å². The van der Waals surface area contributed by atoms with Gasteiger partial charge in [0.2, 0.25) is 0 Å². The third-order valence-electron chi connectivity index (χ3n) is 20.4. The molecule has 6 unspecified atom stereocenters. The predicted octanol–water partition coefficient (Wildman–Crippen LogP) is 22.4. The summed E-state index contributed by atoms with van der Waals surface area (Å²) < 4.78 is 55.2. The van der Waals surface area contributed by atoms with Crippen molar-refractivity contribution in [3.8, 4) is 0 Å². The van der Waals surface area contributed by atoms with Crippen LogP contribution in [0.5, 0.6) is 0 Å². The lowest BCUT2D eigenvalue weighted by atomic mass is 9.82. The molecule has 0 aromatic heterocycles. The van der Waals surface area contributed by atoms with E-state index < -0.39 is 17.6 Å². The molecular weight excluding hydrogens is 1570 g/mol. The van der Waals surface area contributed by atoms with Crippen LogP contribution in [0.1, 0.15) is 245 Å². The van der Waals surface area contributed by atoms with Crippen LogP contribution in [-0.4, -0.2) is 121 Å². The zero-order valence-electron chi connectivity index (χ0n) is 73.4. The fourth-order valence-electron chi connectivity index (χ4n) is 12.7. The number of carbonyl (C=O) groups excluding carboxylic acids is 10. The number of ether oxygens (including phenoxy) is 10. The minimum absolute atomic E-state index is 0.0646. The molecule has 0 heterocycles. The smallest absolute Gasteiger partial charge is 0.338 e. The summed E-state index contributed by atoms with van der Waals surface area (Å²) in [5.41, 5.74) is 4.56. The zero-order chi connectivity index (χ0) is 90.4. The summed E-state index contributed by atoms with van der Waals surface area (Å²) in [6.07, 6.45) is 1.73. The molecule has 10 aromatic carbocycles. The van der Waals surface area contributed by atoms with Crippen molar-refractivity contribution in [1.82, 2.24) is 0 Å². The number of unbranched alkanes of at least 4 members (excludes halogenated alkanes) is 1. The van der Waals surface area contributed by atoms with Crippen LogP contribution in [0.4, 0.5) is 0 Å². The van der Waals surface area contributed by atoms with Crippen molar-refractivity contribution in [3.05, 3.63) is 359 Å². The van der Waals surface area contributed by atoms with E-state index in [4.69, 9.17) is 47.4 Å². The van der Waals surface area contributed by atoms with Crippen molar-refractivity contribution in [2.45, 2.75) is 203 Å².